The van der Waals surface area contributed by atoms with Crippen LogP contribution in [-0.4, -0.2) is 17.3 Å². The molecule has 0 aliphatic rings. The standard InChI is InChI=1S/C12H18O2S/c1-10-4-6-11(7-5-10)15-14-12(2,3)8-9-13/h4-7,13H,8-9H2,1-3H3. The Bertz CT molecular complexity index is 293. The van der Waals surface area contributed by atoms with E-state index in [0.717, 1.165) is 4.90 Å². The number of aliphatic hydroxyl groups is 1. The number of aryl methyl sites for hydroxylation is 1. The molecule has 0 heterocycles. The zero-order valence-electron chi connectivity index (χ0n) is 9.49. The van der Waals surface area contributed by atoms with Crippen molar-refractivity contribution in [3.63, 3.8) is 0 Å². The van der Waals surface area contributed by atoms with E-state index in [9.17, 15) is 0 Å². The third-order valence-corrected chi connectivity index (χ3v) is 3.10. The third kappa shape index (κ3) is 4.69. The quantitative estimate of drug-likeness (QED) is 0.782. The highest BCUT2D eigenvalue weighted by molar-refractivity contribution is 7.94. The van der Waals surface area contributed by atoms with Crippen molar-refractivity contribution in [2.75, 3.05) is 6.61 Å². The van der Waals surface area contributed by atoms with Crippen LogP contribution in [0, 0.1) is 6.92 Å². The van der Waals surface area contributed by atoms with E-state index in [4.69, 9.17) is 9.29 Å². The molecular formula is C12H18O2S. The van der Waals surface area contributed by atoms with Crippen LogP contribution < -0.4 is 0 Å². The third-order valence-electron chi connectivity index (χ3n) is 2.10. The van der Waals surface area contributed by atoms with E-state index in [1.54, 1.807) is 0 Å². The summed E-state index contributed by atoms with van der Waals surface area (Å²) in [5.74, 6) is 0. The molecular weight excluding hydrogens is 208 g/mol. The lowest BCUT2D eigenvalue weighted by Gasteiger charge is -2.22. The Labute approximate surface area is 95.9 Å². The number of hydrogen-bond donors (Lipinski definition) is 1. The minimum absolute atomic E-state index is 0.154. The summed E-state index contributed by atoms with van der Waals surface area (Å²) >= 11 is 1.36. The molecule has 1 aromatic rings. The van der Waals surface area contributed by atoms with Gasteiger partial charge in [-0.3, -0.25) is 0 Å². The maximum Gasteiger partial charge on any atom is 0.0799 e. The second-order valence-electron chi connectivity index (χ2n) is 4.21. The summed E-state index contributed by atoms with van der Waals surface area (Å²) in [4.78, 5) is 1.09. The monoisotopic (exact) mass is 226 g/mol. The van der Waals surface area contributed by atoms with E-state index < -0.39 is 0 Å². The summed E-state index contributed by atoms with van der Waals surface area (Å²) in [5, 5.41) is 8.85. The Balaban J connectivity index is 2.46. The second kappa shape index (κ2) is 5.54. The molecule has 0 radical (unpaired) electrons. The van der Waals surface area contributed by atoms with Crippen LogP contribution in [0.1, 0.15) is 25.8 Å². The first-order valence-electron chi connectivity index (χ1n) is 5.07. The Hall–Kier alpha value is -0.510. The van der Waals surface area contributed by atoms with E-state index in [-0.39, 0.29) is 12.2 Å². The largest absolute Gasteiger partial charge is 0.396 e. The van der Waals surface area contributed by atoms with Gasteiger partial charge in [-0.05, 0) is 32.9 Å². The van der Waals surface area contributed by atoms with Gasteiger partial charge < -0.3 is 9.29 Å². The van der Waals surface area contributed by atoms with Crippen molar-refractivity contribution < 1.29 is 9.29 Å². The highest BCUT2D eigenvalue weighted by Crippen LogP contribution is 2.27. The lowest BCUT2D eigenvalue weighted by Crippen LogP contribution is -2.22. The van der Waals surface area contributed by atoms with Gasteiger partial charge in [0.05, 0.1) is 5.60 Å². The lowest BCUT2D eigenvalue weighted by atomic mass is 10.1. The van der Waals surface area contributed by atoms with Gasteiger partial charge in [0.2, 0.25) is 0 Å². The van der Waals surface area contributed by atoms with Crippen molar-refractivity contribution in [2.24, 2.45) is 0 Å². The maximum absolute atomic E-state index is 8.85. The van der Waals surface area contributed by atoms with Gasteiger partial charge in [0, 0.05) is 30.0 Å². The molecule has 15 heavy (non-hydrogen) atoms. The molecule has 3 heteroatoms. The molecule has 2 nitrogen and oxygen atoms in total. The van der Waals surface area contributed by atoms with E-state index in [2.05, 4.69) is 19.1 Å². The molecule has 84 valence electrons. The van der Waals surface area contributed by atoms with Gasteiger partial charge in [0.15, 0.2) is 0 Å². The smallest absolute Gasteiger partial charge is 0.0799 e. The van der Waals surface area contributed by atoms with Crippen molar-refractivity contribution in [2.45, 2.75) is 37.7 Å². The summed E-state index contributed by atoms with van der Waals surface area (Å²) in [6, 6.07) is 8.19. The first kappa shape index (κ1) is 12.6. The lowest BCUT2D eigenvalue weighted by molar-refractivity contribution is 0.0998. The number of hydrogen-bond acceptors (Lipinski definition) is 3. The second-order valence-corrected chi connectivity index (χ2v) is 5.02. The average Bonchev–Trinajstić information content (AvgIpc) is 2.17. The number of aliphatic hydroxyl groups excluding tert-OH is 1. The fourth-order valence-electron chi connectivity index (χ4n) is 1.07. The average molecular weight is 226 g/mol. The van der Waals surface area contributed by atoms with E-state index in [1.807, 2.05) is 26.0 Å². The van der Waals surface area contributed by atoms with Gasteiger partial charge >= 0.3 is 0 Å². The normalized spacial score (nSPS) is 11.7. The summed E-state index contributed by atoms with van der Waals surface area (Å²) in [5.41, 5.74) is 0.957. The molecule has 1 rings (SSSR count). The van der Waals surface area contributed by atoms with Gasteiger partial charge in [-0.2, -0.15) is 0 Å². The Morgan fingerprint density at radius 1 is 1.27 bits per heavy atom. The van der Waals surface area contributed by atoms with Crippen LogP contribution in [-0.2, 0) is 4.18 Å². The van der Waals surface area contributed by atoms with Crippen LogP contribution in [0.2, 0.25) is 0 Å². The summed E-state index contributed by atoms with van der Waals surface area (Å²) in [6.45, 7) is 6.17. The van der Waals surface area contributed by atoms with Crippen molar-refractivity contribution in [3.05, 3.63) is 29.8 Å². The summed E-state index contributed by atoms with van der Waals surface area (Å²) in [7, 11) is 0. The zero-order valence-corrected chi connectivity index (χ0v) is 10.3. The van der Waals surface area contributed by atoms with Crippen molar-refractivity contribution >= 4 is 12.0 Å². The SMILES string of the molecule is Cc1ccc(SOC(C)(C)CCO)cc1. The van der Waals surface area contributed by atoms with E-state index >= 15 is 0 Å². The van der Waals surface area contributed by atoms with Gasteiger partial charge in [-0.15, -0.1) is 0 Å². The molecule has 0 aliphatic carbocycles. The minimum atomic E-state index is -0.287. The molecule has 0 atom stereocenters. The molecule has 0 fully saturated rings. The van der Waals surface area contributed by atoms with Crippen LogP contribution in [0.3, 0.4) is 0 Å². The highest BCUT2D eigenvalue weighted by Gasteiger charge is 2.18. The van der Waals surface area contributed by atoms with Crippen molar-refractivity contribution in [1.82, 2.24) is 0 Å². The fraction of sp³-hybridized carbons (Fsp3) is 0.500. The Kier molecular flexibility index (Phi) is 4.64. The fourth-order valence-corrected chi connectivity index (χ4v) is 1.72. The topological polar surface area (TPSA) is 29.5 Å². The predicted octanol–water partition coefficient (Wildman–Crippen LogP) is 3.18. The molecule has 0 amide bonds. The number of rotatable bonds is 5. The predicted molar refractivity (Wildman–Crippen MR) is 63.9 cm³/mol. The van der Waals surface area contributed by atoms with Gasteiger partial charge in [0.1, 0.15) is 0 Å². The first-order valence-corrected chi connectivity index (χ1v) is 5.81. The molecule has 0 spiro atoms. The molecule has 0 saturated heterocycles. The van der Waals surface area contributed by atoms with Gasteiger partial charge in [-0.1, -0.05) is 17.7 Å². The Morgan fingerprint density at radius 2 is 1.87 bits per heavy atom. The molecule has 0 saturated carbocycles. The zero-order chi connectivity index (χ0) is 11.3. The number of benzene rings is 1. The molecule has 0 unspecified atom stereocenters. The van der Waals surface area contributed by atoms with E-state index in [1.165, 1.54) is 17.6 Å². The van der Waals surface area contributed by atoms with Crippen LogP contribution in [0.25, 0.3) is 0 Å². The molecule has 1 N–H and O–H groups in total. The first-order chi connectivity index (χ1) is 7.03. The Morgan fingerprint density at radius 3 is 2.40 bits per heavy atom. The molecule has 0 bridgehead atoms. The van der Waals surface area contributed by atoms with Crippen molar-refractivity contribution in [3.8, 4) is 0 Å². The maximum atomic E-state index is 8.85. The highest BCUT2D eigenvalue weighted by atomic mass is 32.2. The van der Waals surface area contributed by atoms with Crippen LogP contribution in [0.5, 0.6) is 0 Å². The molecule has 0 aliphatic heterocycles. The van der Waals surface area contributed by atoms with Crippen LogP contribution in [0.4, 0.5) is 0 Å². The van der Waals surface area contributed by atoms with Crippen LogP contribution >= 0.6 is 12.0 Å². The molecule has 0 aromatic heterocycles. The minimum Gasteiger partial charge on any atom is -0.396 e. The molecule has 1 aromatic carbocycles. The summed E-state index contributed by atoms with van der Waals surface area (Å²) in [6.07, 6.45) is 0.645. The van der Waals surface area contributed by atoms with Crippen LogP contribution in [0.15, 0.2) is 29.2 Å². The summed E-state index contributed by atoms with van der Waals surface area (Å²) < 4.78 is 5.65. The van der Waals surface area contributed by atoms with E-state index in [0.29, 0.717) is 6.42 Å². The van der Waals surface area contributed by atoms with Gasteiger partial charge in [-0.25, -0.2) is 0 Å². The van der Waals surface area contributed by atoms with Gasteiger partial charge in [0.25, 0.3) is 0 Å². The van der Waals surface area contributed by atoms with Crippen molar-refractivity contribution in [1.29, 1.82) is 0 Å².